The lowest BCUT2D eigenvalue weighted by atomic mass is 10.1. The molecular formula is C12H18INO2. The molecule has 1 rings (SSSR count). The van der Waals surface area contributed by atoms with Crippen LogP contribution < -0.4 is 5.32 Å². The van der Waals surface area contributed by atoms with Crippen molar-refractivity contribution in [2.75, 3.05) is 7.11 Å². The van der Waals surface area contributed by atoms with Crippen LogP contribution in [0.1, 0.15) is 20.8 Å². The van der Waals surface area contributed by atoms with Gasteiger partial charge in [-0.3, -0.25) is 0 Å². The van der Waals surface area contributed by atoms with Crippen LogP contribution in [0.5, 0.6) is 0 Å². The van der Waals surface area contributed by atoms with Crippen LogP contribution >= 0.6 is 22.6 Å². The molecule has 0 spiro atoms. The number of nitrogens with one attached hydrogen (secondary N) is 1. The molecular weight excluding hydrogens is 317 g/mol. The van der Waals surface area contributed by atoms with Gasteiger partial charge in [0, 0.05) is 9.11 Å². The highest BCUT2D eigenvalue weighted by molar-refractivity contribution is 14.1. The Morgan fingerprint density at radius 2 is 1.75 bits per heavy atom. The number of ether oxygens (including phenoxy) is 1. The van der Waals surface area contributed by atoms with Crippen molar-refractivity contribution >= 4 is 28.7 Å². The van der Waals surface area contributed by atoms with Crippen LogP contribution in [0.4, 0.5) is 4.79 Å². The number of amides is 1. The smallest absolute Gasteiger partial charge is 0.407 e. The van der Waals surface area contributed by atoms with E-state index in [1.54, 1.807) is 0 Å². The molecule has 0 saturated heterocycles. The van der Waals surface area contributed by atoms with E-state index in [0.29, 0.717) is 0 Å². The van der Waals surface area contributed by atoms with Crippen molar-refractivity contribution in [2.24, 2.45) is 0 Å². The SMILES string of the molecule is COC(=O)NC(C)(C)C.Ic1ccccc1. The van der Waals surface area contributed by atoms with E-state index in [4.69, 9.17) is 0 Å². The van der Waals surface area contributed by atoms with Crippen molar-refractivity contribution in [1.29, 1.82) is 0 Å². The maximum Gasteiger partial charge on any atom is 0.407 e. The van der Waals surface area contributed by atoms with Gasteiger partial charge >= 0.3 is 6.09 Å². The Bertz CT molecular complexity index is 307. The van der Waals surface area contributed by atoms with Gasteiger partial charge in [0.1, 0.15) is 0 Å². The molecule has 3 nitrogen and oxygen atoms in total. The molecule has 1 aromatic rings. The number of hydrogen-bond acceptors (Lipinski definition) is 2. The maximum atomic E-state index is 10.5. The van der Waals surface area contributed by atoms with Gasteiger partial charge in [-0.05, 0) is 55.5 Å². The fraction of sp³-hybridized carbons (Fsp3) is 0.417. The van der Waals surface area contributed by atoms with Crippen LogP contribution in [0.2, 0.25) is 0 Å². The summed E-state index contributed by atoms with van der Waals surface area (Å²) in [6, 6.07) is 10.2. The monoisotopic (exact) mass is 335 g/mol. The molecule has 1 aromatic carbocycles. The number of benzene rings is 1. The number of hydrogen-bond donors (Lipinski definition) is 1. The number of carbonyl (C=O) groups is 1. The van der Waals surface area contributed by atoms with Gasteiger partial charge in [0.25, 0.3) is 0 Å². The summed E-state index contributed by atoms with van der Waals surface area (Å²) in [5, 5.41) is 2.61. The summed E-state index contributed by atoms with van der Waals surface area (Å²) in [4.78, 5) is 10.5. The van der Waals surface area contributed by atoms with E-state index in [0.717, 1.165) is 0 Å². The van der Waals surface area contributed by atoms with Gasteiger partial charge in [0.2, 0.25) is 0 Å². The second-order valence-electron chi connectivity index (χ2n) is 4.16. The molecule has 0 unspecified atom stereocenters. The molecule has 1 N–H and O–H groups in total. The average Bonchev–Trinajstić information content (AvgIpc) is 2.17. The molecule has 0 saturated carbocycles. The third-order valence-electron chi connectivity index (χ3n) is 1.40. The van der Waals surface area contributed by atoms with Gasteiger partial charge < -0.3 is 10.1 Å². The first-order chi connectivity index (χ1) is 7.35. The van der Waals surface area contributed by atoms with Gasteiger partial charge in [-0.2, -0.15) is 0 Å². The van der Waals surface area contributed by atoms with Crippen molar-refractivity contribution in [1.82, 2.24) is 5.32 Å². The summed E-state index contributed by atoms with van der Waals surface area (Å²) in [6.45, 7) is 5.68. The van der Waals surface area contributed by atoms with Gasteiger partial charge in [-0.1, -0.05) is 18.2 Å². The van der Waals surface area contributed by atoms with Crippen molar-refractivity contribution < 1.29 is 9.53 Å². The second kappa shape index (κ2) is 7.49. The molecule has 90 valence electrons. The van der Waals surface area contributed by atoms with E-state index < -0.39 is 0 Å². The van der Waals surface area contributed by atoms with Crippen LogP contribution in [-0.4, -0.2) is 18.7 Å². The topological polar surface area (TPSA) is 38.3 Å². The quantitative estimate of drug-likeness (QED) is 0.738. The van der Waals surface area contributed by atoms with Gasteiger partial charge in [0.05, 0.1) is 7.11 Å². The standard InChI is InChI=1S/C6H5I.C6H13NO2/c7-6-4-2-1-3-5-6;1-6(2,3)7-5(8)9-4/h1-5H;1-4H3,(H,7,8). The van der Waals surface area contributed by atoms with Crippen LogP contribution in [0, 0.1) is 3.57 Å². The van der Waals surface area contributed by atoms with Gasteiger partial charge in [-0.25, -0.2) is 4.79 Å². The lowest BCUT2D eigenvalue weighted by molar-refractivity contribution is 0.161. The molecule has 1 amide bonds. The first-order valence-electron chi connectivity index (χ1n) is 4.92. The highest BCUT2D eigenvalue weighted by atomic mass is 127. The fourth-order valence-corrected chi connectivity index (χ4v) is 1.19. The Morgan fingerprint density at radius 3 is 1.94 bits per heavy atom. The predicted molar refractivity (Wildman–Crippen MR) is 74.5 cm³/mol. The number of methoxy groups -OCH3 is 1. The predicted octanol–water partition coefficient (Wildman–Crippen LogP) is 3.43. The first-order valence-corrected chi connectivity index (χ1v) is 5.99. The minimum atomic E-state index is -0.387. The van der Waals surface area contributed by atoms with Crippen molar-refractivity contribution in [3.63, 3.8) is 0 Å². The van der Waals surface area contributed by atoms with E-state index in [1.165, 1.54) is 10.7 Å². The summed E-state index contributed by atoms with van der Waals surface area (Å²) in [7, 11) is 1.35. The molecule has 0 atom stereocenters. The van der Waals surface area contributed by atoms with E-state index in [1.807, 2.05) is 39.0 Å². The highest BCUT2D eigenvalue weighted by Crippen LogP contribution is 2.00. The summed E-state index contributed by atoms with van der Waals surface area (Å²) in [6.07, 6.45) is -0.387. The Morgan fingerprint density at radius 1 is 1.25 bits per heavy atom. The molecule has 4 heteroatoms. The molecule has 0 heterocycles. The number of rotatable bonds is 0. The van der Waals surface area contributed by atoms with Gasteiger partial charge in [-0.15, -0.1) is 0 Å². The minimum Gasteiger partial charge on any atom is -0.453 e. The highest BCUT2D eigenvalue weighted by Gasteiger charge is 2.12. The molecule has 0 aliphatic rings. The molecule has 0 aliphatic carbocycles. The summed E-state index contributed by atoms with van der Waals surface area (Å²) in [5.74, 6) is 0. The van der Waals surface area contributed by atoms with E-state index in [-0.39, 0.29) is 11.6 Å². The van der Waals surface area contributed by atoms with Crippen LogP contribution in [0.3, 0.4) is 0 Å². The van der Waals surface area contributed by atoms with Crippen molar-refractivity contribution in [3.8, 4) is 0 Å². The molecule has 0 radical (unpaired) electrons. The molecule has 16 heavy (non-hydrogen) atoms. The van der Waals surface area contributed by atoms with Crippen LogP contribution in [0.15, 0.2) is 30.3 Å². The fourth-order valence-electron chi connectivity index (χ4n) is 0.772. The summed E-state index contributed by atoms with van der Waals surface area (Å²) in [5.41, 5.74) is -0.201. The first kappa shape index (κ1) is 15.2. The van der Waals surface area contributed by atoms with Crippen LogP contribution in [-0.2, 0) is 4.74 Å². The normalized spacial score (nSPS) is 9.81. The molecule has 0 bridgehead atoms. The second-order valence-corrected chi connectivity index (χ2v) is 5.41. The van der Waals surface area contributed by atoms with Crippen LogP contribution in [0.25, 0.3) is 0 Å². The third kappa shape index (κ3) is 9.76. The number of carbonyl (C=O) groups excluding carboxylic acids is 1. The van der Waals surface area contributed by atoms with Crippen molar-refractivity contribution in [2.45, 2.75) is 26.3 Å². The number of halogens is 1. The average molecular weight is 335 g/mol. The Hall–Kier alpha value is -0.780. The molecule has 0 fully saturated rings. The lowest BCUT2D eigenvalue weighted by Crippen LogP contribution is -2.40. The van der Waals surface area contributed by atoms with E-state index in [2.05, 4.69) is 44.8 Å². The van der Waals surface area contributed by atoms with Crippen molar-refractivity contribution in [3.05, 3.63) is 33.9 Å². The summed E-state index contributed by atoms with van der Waals surface area (Å²) < 4.78 is 5.67. The van der Waals surface area contributed by atoms with Gasteiger partial charge in [0.15, 0.2) is 0 Å². The largest absolute Gasteiger partial charge is 0.453 e. The zero-order valence-electron chi connectivity index (χ0n) is 10.1. The Balaban J connectivity index is 0.000000288. The molecule has 0 aliphatic heterocycles. The summed E-state index contributed by atoms with van der Waals surface area (Å²) >= 11 is 2.28. The van der Waals surface area contributed by atoms with E-state index in [9.17, 15) is 4.79 Å². The lowest BCUT2D eigenvalue weighted by Gasteiger charge is -2.18. The maximum absolute atomic E-state index is 10.5. The molecule has 0 aromatic heterocycles. The Labute approximate surface area is 111 Å². The van der Waals surface area contributed by atoms with E-state index >= 15 is 0 Å². The third-order valence-corrected chi connectivity index (χ3v) is 2.11. The zero-order valence-corrected chi connectivity index (χ0v) is 12.2. The zero-order chi connectivity index (χ0) is 12.6. The number of alkyl carbamates (subject to hydrolysis) is 1. The Kier molecular flexibility index (Phi) is 7.12. The minimum absolute atomic E-state index is 0.201.